The largest absolute Gasteiger partial charge is 0.381 e. The molecule has 0 spiro atoms. The van der Waals surface area contributed by atoms with Crippen LogP contribution in [0.3, 0.4) is 0 Å². The van der Waals surface area contributed by atoms with Gasteiger partial charge in [0.05, 0.1) is 6.10 Å². The molecule has 106 valence electrons. The zero-order valence-electron chi connectivity index (χ0n) is 11.9. The van der Waals surface area contributed by atoms with Gasteiger partial charge in [0, 0.05) is 42.9 Å². The van der Waals surface area contributed by atoms with E-state index in [9.17, 15) is 0 Å². The van der Waals surface area contributed by atoms with Crippen molar-refractivity contribution >= 4 is 17.4 Å². The Labute approximate surface area is 120 Å². The van der Waals surface area contributed by atoms with Crippen molar-refractivity contribution in [3.05, 3.63) is 23.8 Å². The summed E-state index contributed by atoms with van der Waals surface area (Å²) in [6.07, 6.45) is 2.63. The van der Waals surface area contributed by atoms with Crippen molar-refractivity contribution < 1.29 is 4.74 Å². The minimum atomic E-state index is 0.422. The Morgan fingerprint density at radius 3 is 2.68 bits per heavy atom. The normalized spacial score (nSPS) is 16.9. The molecular weight excluding hydrogens is 256 g/mol. The minimum absolute atomic E-state index is 0.422. The third kappa shape index (κ3) is 3.44. The summed E-state index contributed by atoms with van der Waals surface area (Å²) < 4.78 is 5.44. The Bertz CT molecular complexity index is 403. The van der Waals surface area contributed by atoms with Gasteiger partial charge in [-0.3, -0.25) is 0 Å². The fourth-order valence-corrected chi connectivity index (χ4v) is 3.53. The van der Waals surface area contributed by atoms with Crippen molar-refractivity contribution in [2.24, 2.45) is 5.73 Å². The maximum Gasteiger partial charge on any atom is 0.0605 e. The fourth-order valence-electron chi connectivity index (χ4n) is 2.68. The van der Waals surface area contributed by atoms with Crippen molar-refractivity contribution in [3.8, 4) is 0 Å². The van der Waals surface area contributed by atoms with Gasteiger partial charge in [-0.1, -0.05) is 13.0 Å². The van der Waals surface area contributed by atoms with Crippen LogP contribution in [0.15, 0.2) is 23.1 Å². The highest BCUT2D eigenvalue weighted by Gasteiger charge is 2.21. The van der Waals surface area contributed by atoms with Crippen LogP contribution in [-0.2, 0) is 11.3 Å². The van der Waals surface area contributed by atoms with Crippen molar-refractivity contribution in [2.45, 2.75) is 37.3 Å². The molecule has 2 rings (SSSR count). The maximum atomic E-state index is 5.98. The van der Waals surface area contributed by atoms with Crippen LogP contribution in [0.5, 0.6) is 0 Å². The Balaban J connectivity index is 2.17. The topological polar surface area (TPSA) is 38.5 Å². The van der Waals surface area contributed by atoms with Crippen LogP contribution in [0, 0.1) is 0 Å². The predicted octanol–water partition coefficient (Wildman–Crippen LogP) is 2.87. The molecule has 3 nitrogen and oxygen atoms in total. The summed E-state index contributed by atoms with van der Waals surface area (Å²) in [6, 6.07) is 6.53. The number of hydrogen-bond donors (Lipinski definition) is 1. The molecule has 1 fully saturated rings. The lowest BCUT2D eigenvalue weighted by Gasteiger charge is -2.34. The zero-order chi connectivity index (χ0) is 13.7. The highest BCUT2D eigenvalue weighted by atomic mass is 32.2. The van der Waals surface area contributed by atoms with Crippen molar-refractivity contribution in [3.63, 3.8) is 0 Å². The molecule has 2 N–H and O–H groups in total. The highest BCUT2D eigenvalue weighted by molar-refractivity contribution is 7.99. The lowest BCUT2D eigenvalue weighted by molar-refractivity contribution is 0.0819. The van der Waals surface area contributed by atoms with Crippen LogP contribution in [0.4, 0.5) is 5.69 Å². The summed E-state index contributed by atoms with van der Waals surface area (Å²) in [5.41, 5.74) is 8.59. The first-order chi connectivity index (χ1) is 9.30. The molecule has 0 saturated carbocycles. The smallest absolute Gasteiger partial charge is 0.0605 e. The molecule has 0 aromatic heterocycles. The van der Waals surface area contributed by atoms with Gasteiger partial charge in [0.1, 0.15) is 0 Å². The third-order valence-corrected chi connectivity index (χ3v) is 4.71. The molecular formula is C15H24N2OS. The number of anilines is 1. The summed E-state index contributed by atoms with van der Waals surface area (Å²) in [5, 5.41) is 0. The van der Waals surface area contributed by atoms with Crippen LogP contribution in [0.25, 0.3) is 0 Å². The summed E-state index contributed by atoms with van der Waals surface area (Å²) in [5.74, 6) is 1.09. The lowest BCUT2D eigenvalue weighted by Crippen LogP contribution is -2.37. The monoisotopic (exact) mass is 280 g/mol. The van der Waals surface area contributed by atoms with Crippen molar-refractivity contribution in [1.29, 1.82) is 0 Å². The van der Waals surface area contributed by atoms with E-state index < -0.39 is 0 Å². The van der Waals surface area contributed by atoms with Gasteiger partial charge >= 0.3 is 0 Å². The van der Waals surface area contributed by atoms with Crippen LogP contribution in [-0.4, -0.2) is 32.1 Å². The Kier molecular flexibility index (Phi) is 5.55. The van der Waals surface area contributed by atoms with Gasteiger partial charge in [-0.2, -0.15) is 0 Å². The lowest BCUT2D eigenvalue weighted by atomic mass is 10.0. The second-order valence-electron chi connectivity index (χ2n) is 4.81. The van der Waals surface area contributed by atoms with Gasteiger partial charge < -0.3 is 15.4 Å². The minimum Gasteiger partial charge on any atom is -0.381 e. The number of rotatable bonds is 5. The molecule has 4 heteroatoms. The SMILES string of the molecule is CCSc1cccc(N2CCC(OC)CC2)c1CN. The van der Waals surface area contributed by atoms with E-state index in [0.29, 0.717) is 12.6 Å². The molecule has 0 amide bonds. The average Bonchev–Trinajstić information content (AvgIpc) is 2.47. The van der Waals surface area contributed by atoms with E-state index in [1.54, 1.807) is 0 Å². The average molecular weight is 280 g/mol. The van der Waals surface area contributed by atoms with Gasteiger partial charge in [0.2, 0.25) is 0 Å². The summed E-state index contributed by atoms with van der Waals surface area (Å²) >= 11 is 1.88. The summed E-state index contributed by atoms with van der Waals surface area (Å²) in [4.78, 5) is 3.79. The maximum absolute atomic E-state index is 5.98. The molecule has 1 saturated heterocycles. The van der Waals surface area contributed by atoms with Gasteiger partial charge in [-0.05, 0) is 30.7 Å². The first-order valence-electron chi connectivity index (χ1n) is 7.02. The summed E-state index contributed by atoms with van der Waals surface area (Å²) in [7, 11) is 1.81. The zero-order valence-corrected chi connectivity index (χ0v) is 12.7. The molecule has 1 aliphatic rings. The van der Waals surface area contributed by atoms with Gasteiger partial charge in [0.25, 0.3) is 0 Å². The van der Waals surface area contributed by atoms with Gasteiger partial charge in [-0.25, -0.2) is 0 Å². The standard InChI is InChI=1S/C15H24N2OS/c1-3-19-15-6-4-5-14(13(15)11-16)17-9-7-12(18-2)8-10-17/h4-6,12H,3,7-11,16H2,1-2H3. The third-order valence-electron chi connectivity index (χ3n) is 3.73. The number of hydrogen-bond acceptors (Lipinski definition) is 4. The Morgan fingerprint density at radius 2 is 2.11 bits per heavy atom. The van der Waals surface area contributed by atoms with E-state index in [-0.39, 0.29) is 0 Å². The molecule has 0 atom stereocenters. The number of thioether (sulfide) groups is 1. The first kappa shape index (κ1) is 14.7. The number of nitrogens with two attached hydrogens (primary N) is 1. The second kappa shape index (κ2) is 7.17. The van der Waals surface area contributed by atoms with Crippen molar-refractivity contribution in [2.75, 3.05) is 30.9 Å². The molecule has 0 radical (unpaired) electrons. The first-order valence-corrected chi connectivity index (χ1v) is 8.01. The number of nitrogens with zero attached hydrogens (tertiary/aromatic N) is 1. The van der Waals surface area contributed by atoms with E-state index in [1.165, 1.54) is 16.1 Å². The molecule has 1 aromatic carbocycles. The number of ether oxygens (including phenoxy) is 1. The fraction of sp³-hybridized carbons (Fsp3) is 0.600. The predicted molar refractivity (Wildman–Crippen MR) is 83.0 cm³/mol. The number of methoxy groups -OCH3 is 1. The highest BCUT2D eigenvalue weighted by Crippen LogP contribution is 2.32. The Morgan fingerprint density at radius 1 is 1.37 bits per heavy atom. The molecule has 1 aliphatic heterocycles. The quantitative estimate of drug-likeness (QED) is 0.842. The van der Waals surface area contributed by atoms with E-state index in [0.717, 1.165) is 31.7 Å². The molecule has 0 bridgehead atoms. The molecule has 1 heterocycles. The van der Waals surface area contributed by atoms with Crippen LogP contribution in [0.2, 0.25) is 0 Å². The molecule has 1 aromatic rings. The number of benzene rings is 1. The van der Waals surface area contributed by atoms with E-state index in [4.69, 9.17) is 10.5 Å². The Hall–Kier alpha value is -0.710. The summed E-state index contributed by atoms with van der Waals surface area (Å²) in [6.45, 7) is 4.92. The van der Waals surface area contributed by atoms with Gasteiger partial charge in [-0.15, -0.1) is 11.8 Å². The number of piperidine rings is 1. The van der Waals surface area contributed by atoms with E-state index in [1.807, 2.05) is 18.9 Å². The molecule has 19 heavy (non-hydrogen) atoms. The van der Waals surface area contributed by atoms with Crippen LogP contribution in [0.1, 0.15) is 25.3 Å². The van der Waals surface area contributed by atoms with Crippen LogP contribution >= 0.6 is 11.8 Å². The second-order valence-corrected chi connectivity index (χ2v) is 6.12. The van der Waals surface area contributed by atoms with Crippen molar-refractivity contribution in [1.82, 2.24) is 0 Å². The molecule has 0 aliphatic carbocycles. The molecule has 0 unspecified atom stereocenters. The van der Waals surface area contributed by atoms with E-state index >= 15 is 0 Å². The van der Waals surface area contributed by atoms with E-state index in [2.05, 4.69) is 30.0 Å². The van der Waals surface area contributed by atoms with Crippen LogP contribution < -0.4 is 10.6 Å². The van der Waals surface area contributed by atoms with Gasteiger partial charge in [0.15, 0.2) is 0 Å².